The summed E-state index contributed by atoms with van der Waals surface area (Å²) in [6.07, 6.45) is 7.27. The van der Waals surface area contributed by atoms with E-state index in [1.807, 2.05) is 30.3 Å². The molecule has 2 aliphatic rings. The monoisotopic (exact) mass is 515 g/mol. The maximum absolute atomic E-state index is 12.9. The summed E-state index contributed by atoms with van der Waals surface area (Å²) in [5.74, 6) is -0.124. The van der Waals surface area contributed by atoms with Gasteiger partial charge in [0.05, 0.1) is 5.41 Å². The number of amides is 3. The van der Waals surface area contributed by atoms with Gasteiger partial charge in [-0.15, -0.1) is 0 Å². The maximum atomic E-state index is 12.9. The quantitative estimate of drug-likeness (QED) is 0.419. The van der Waals surface area contributed by atoms with Crippen molar-refractivity contribution in [2.45, 2.75) is 52.3 Å². The molecule has 0 radical (unpaired) electrons. The van der Waals surface area contributed by atoms with Gasteiger partial charge in [0.15, 0.2) is 0 Å². The van der Waals surface area contributed by atoms with Crippen LogP contribution >= 0.6 is 0 Å². The molecule has 0 saturated carbocycles. The van der Waals surface area contributed by atoms with E-state index in [9.17, 15) is 14.4 Å². The average molecular weight is 516 g/mol. The van der Waals surface area contributed by atoms with E-state index in [2.05, 4.69) is 27.5 Å². The van der Waals surface area contributed by atoms with Crippen LogP contribution < -0.4 is 21.7 Å². The summed E-state index contributed by atoms with van der Waals surface area (Å²) in [7, 11) is 0. The number of hydrogen-bond donors (Lipinski definition) is 4. The number of alkyl carbamates (subject to hydrolysis) is 1. The van der Waals surface area contributed by atoms with Gasteiger partial charge < -0.3 is 26.4 Å². The number of nitrogens with two attached hydrogens (primary N) is 1. The van der Waals surface area contributed by atoms with Gasteiger partial charge in [0, 0.05) is 24.9 Å². The topological polar surface area (TPSA) is 135 Å². The number of nitrogens with zero attached hydrogens (tertiary/aromatic N) is 1. The Kier molecular flexibility index (Phi) is 7.39. The van der Waals surface area contributed by atoms with E-state index in [1.54, 1.807) is 45.2 Å². The molecule has 5 N–H and O–H groups in total. The van der Waals surface area contributed by atoms with Gasteiger partial charge in [-0.25, -0.2) is 4.79 Å². The number of carbonyl (C=O) groups is 3. The highest BCUT2D eigenvalue weighted by Crippen LogP contribution is 2.46. The van der Waals surface area contributed by atoms with Crippen LogP contribution in [0.1, 0.15) is 53.5 Å². The summed E-state index contributed by atoms with van der Waals surface area (Å²) in [5.41, 5.74) is 9.30. The largest absolute Gasteiger partial charge is 0.444 e. The lowest BCUT2D eigenvalue weighted by Gasteiger charge is -2.21. The molecule has 1 atom stereocenters. The Labute approximate surface area is 222 Å². The summed E-state index contributed by atoms with van der Waals surface area (Å²) < 4.78 is 5.26. The molecule has 1 aromatic heterocycles. The highest BCUT2D eigenvalue weighted by molar-refractivity contribution is 5.95. The number of nitrogens with one attached hydrogen (secondary N) is 3. The van der Waals surface area contributed by atoms with Gasteiger partial charge in [0.1, 0.15) is 17.1 Å². The Balaban J connectivity index is 1.39. The molecule has 38 heavy (non-hydrogen) atoms. The second-order valence-electron chi connectivity index (χ2n) is 10.5. The van der Waals surface area contributed by atoms with E-state index in [-0.39, 0.29) is 17.5 Å². The number of allylic oxidation sites excluding steroid dienone is 3. The Morgan fingerprint density at radius 1 is 1.16 bits per heavy atom. The number of fused-ring (bicyclic) bond motifs is 1. The molecule has 0 fully saturated rings. The van der Waals surface area contributed by atoms with Crippen molar-refractivity contribution in [3.05, 3.63) is 101 Å². The summed E-state index contributed by atoms with van der Waals surface area (Å²) in [6, 6.07) is 9.30. The molecule has 9 nitrogen and oxygen atoms in total. The lowest BCUT2D eigenvalue weighted by Crippen LogP contribution is -2.35. The minimum absolute atomic E-state index is 0.151. The summed E-state index contributed by atoms with van der Waals surface area (Å²) >= 11 is 0. The Bertz CT molecular complexity index is 1350. The van der Waals surface area contributed by atoms with Crippen LogP contribution in [0, 0.1) is 5.41 Å². The number of benzene rings is 1. The van der Waals surface area contributed by atoms with Gasteiger partial charge in [-0.1, -0.05) is 49.1 Å². The van der Waals surface area contributed by atoms with Crippen LogP contribution in [-0.2, 0) is 35.5 Å². The second-order valence-corrected chi connectivity index (χ2v) is 10.5. The van der Waals surface area contributed by atoms with Gasteiger partial charge in [0.25, 0.3) is 5.91 Å². The van der Waals surface area contributed by atoms with Gasteiger partial charge in [-0.2, -0.15) is 0 Å². The van der Waals surface area contributed by atoms with Crippen molar-refractivity contribution in [3.8, 4) is 0 Å². The predicted octanol–water partition coefficient (Wildman–Crippen LogP) is 3.16. The third-order valence-electron chi connectivity index (χ3n) is 6.47. The minimum Gasteiger partial charge on any atom is -0.444 e. The van der Waals surface area contributed by atoms with Crippen molar-refractivity contribution in [1.29, 1.82) is 0 Å². The van der Waals surface area contributed by atoms with Crippen LogP contribution in [0.4, 0.5) is 4.79 Å². The molecule has 0 bridgehead atoms. The first kappa shape index (κ1) is 26.7. The standard InChI is InChI=1S/C29H33N5O4/c1-5-6-10-22-24(30)34-26(36)29(22)13-20-12-23(31-17-21(20)14-29)25(35)32-15-18-8-7-9-19(11-18)16-33-27(37)38-28(2,3)4/h5-12,17H,1,13-16,30H2,2-4H3,(H,32,35)(H,33,37)(H,34,36)/b10-6-. The van der Waals surface area contributed by atoms with Crippen molar-refractivity contribution < 1.29 is 19.1 Å². The molecule has 3 amide bonds. The molecule has 2 aromatic rings. The molecule has 1 aliphatic carbocycles. The average Bonchev–Trinajstić information content (AvgIpc) is 3.35. The third-order valence-corrected chi connectivity index (χ3v) is 6.47. The van der Waals surface area contributed by atoms with E-state index in [0.29, 0.717) is 31.8 Å². The number of hydrogen-bond acceptors (Lipinski definition) is 6. The highest BCUT2D eigenvalue weighted by atomic mass is 16.6. The summed E-state index contributed by atoms with van der Waals surface area (Å²) in [6.45, 7) is 9.71. The molecule has 9 heteroatoms. The van der Waals surface area contributed by atoms with Crippen molar-refractivity contribution in [2.75, 3.05) is 0 Å². The lowest BCUT2D eigenvalue weighted by atomic mass is 9.78. The number of aromatic nitrogens is 1. The smallest absolute Gasteiger partial charge is 0.407 e. The maximum Gasteiger partial charge on any atom is 0.407 e. The van der Waals surface area contributed by atoms with Gasteiger partial charge >= 0.3 is 6.09 Å². The van der Waals surface area contributed by atoms with Crippen LogP contribution in [0.5, 0.6) is 0 Å². The number of pyridine rings is 1. The van der Waals surface area contributed by atoms with Gasteiger partial charge in [0.2, 0.25) is 5.91 Å². The fraction of sp³-hybridized carbons (Fsp3) is 0.310. The number of carbonyl (C=O) groups excluding carboxylic acids is 3. The van der Waals surface area contributed by atoms with E-state index in [1.165, 1.54) is 0 Å². The third kappa shape index (κ3) is 5.77. The molecule has 1 unspecified atom stereocenters. The number of rotatable bonds is 7. The molecule has 0 saturated heterocycles. The van der Waals surface area contributed by atoms with Crippen LogP contribution in [0.25, 0.3) is 0 Å². The minimum atomic E-state index is -0.809. The van der Waals surface area contributed by atoms with Crippen molar-refractivity contribution in [3.63, 3.8) is 0 Å². The van der Waals surface area contributed by atoms with E-state index in [4.69, 9.17) is 10.5 Å². The molecular weight excluding hydrogens is 482 g/mol. The molecule has 1 spiro atoms. The zero-order valence-electron chi connectivity index (χ0n) is 21.9. The zero-order chi connectivity index (χ0) is 27.5. The van der Waals surface area contributed by atoms with Gasteiger partial charge in [-0.05, 0) is 61.9 Å². The molecule has 198 valence electrons. The first-order valence-electron chi connectivity index (χ1n) is 12.4. The molecule has 1 aromatic carbocycles. The first-order chi connectivity index (χ1) is 18.0. The van der Waals surface area contributed by atoms with Crippen molar-refractivity contribution >= 4 is 17.9 Å². The molecule has 4 rings (SSSR count). The van der Waals surface area contributed by atoms with Crippen molar-refractivity contribution in [1.82, 2.24) is 20.9 Å². The first-order valence-corrected chi connectivity index (χ1v) is 12.4. The Morgan fingerprint density at radius 3 is 2.53 bits per heavy atom. The van der Waals surface area contributed by atoms with E-state index < -0.39 is 17.1 Å². The molecule has 2 heterocycles. The highest BCUT2D eigenvalue weighted by Gasteiger charge is 2.51. The molecule has 1 aliphatic heterocycles. The van der Waals surface area contributed by atoms with Crippen LogP contribution in [0.3, 0.4) is 0 Å². The van der Waals surface area contributed by atoms with E-state index in [0.717, 1.165) is 27.8 Å². The second kappa shape index (κ2) is 10.5. The van der Waals surface area contributed by atoms with Crippen LogP contribution in [-0.4, -0.2) is 28.5 Å². The van der Waals surface area contributed by atoms with E-state index >= 15 is 0 Å². The molecular formula is C29H33N5O4. The summed E-state index contributed by atoms with van der Waals surface area (Å²) in [5, 5.41) is 8.38. The fourth-order valence-electron chi connectivity index (χ4n) is 4.75. The predicted molar refractivity (Wildman–Crippen MR) is 143 cm³/mol. The van der Waals surface area contributed by atoms with Crippen LogP contribution in [0.15, 0.2) is 72.7 Å². The van der Waals surface area contributed by atoms with Crippen LogP contribution in [0.2, 0.25) is 0 Å². The normalized spacial score (nSPS) is 18.4. The van der Waals surface area contributed by atoms with Crippen molar-refractivity contribution in [2.24, 2.45) is 11.1 Å². The number of ether oxygens (including phenoxy) is 1. The fourth-order valence-corrected chi connectivity index (χ4v) is 4.75. The zero-order valence-corrected chi connectivity index (χ0v) is 21.9. The lowest BCUT2D eigenvalue weighted by molar-refractivity contribution is -0.126. The Hall–Kier alpha value is -4.40. The summed E-state index contributed by atoms with van der Waals surface area (Å²) in [4.78, 5) is 42.1. The Morgan fingerprint density at radius 2 is 1.84 bits per heavy atom. The van der Waals surface area contributed by atoms with Gasteiger partial charge in [-0.3, -0.25) is 14.6 Å². The SMILES string of the molecule is C=C/C=C\C1=C(N)NC(=O)C12Cc1cnc(C(=O)NCc3cccc(CNC(=O)OC(C)(C)C)c3)cc1C2.